The van der Waals surface area contributed by atoms with Crippen LogP contribution in [0.15, 0.2) is 42.5 Å². The summed E-state index contributed by atoms with van der Waals surface area (Å²) in [5.74, 6) is -2.62. The van der Waals surface area contributed by atoms with Gasteiger partial charge in [0, 0.05) is 6.08 Å². The molecule has 5 rings (SSSR count). The van der Waals surface area contributed by atoms with Gasteiger partial charge in [0.2, 0.25) is 0 Å². The molecule has 0 aromatic heterocycles. The normalized spacial score (nSPS) is 36.2. The molecule has 2 aromatic carbocycles. The van der Waals surface area contributed by atoms with E-state index in [2.05, 4.69) is 0 Å². The predicted octanol–water partition coefficient (Wildman–Crippen LogP) is -2.55. The fourth-order valence-corrected chi connectivity index (χ4v) is 5.87. The van der Waals surface area contributed by atoms with Crippen molar-refractivity contribution < 1.29 is 94.1 Å². The minimum absolute atomic E-state index is 0.136. The molecule has 0 radical (unpaired) electrons. The average Bonchev–Trinajstić information content (AvgIpc) is 3.42. The number of aromatic hydroxyl groups is 4. The number of phenolic OH excluding ortho intramolecular Hbond substituents is 4. The highest BCUT2D eigenvalue weighted by molar-refractivity contribution is 5.87. The van der Waals surface area contributed by atoms with E-state index >= 15 is 0 Å². The molecule has 3 heterocycles. The summed E-state index contributed by atoms with van der Waals surface area (Å²) in [6.45, 7) is -0.718. The maximum atomic E-state index is 13.2. The first-order valence-electron chi connectivity index (χ1n) is 16.6. The molecule has 2 aromatic rings. The number of carbonyl (C=O) groups excluding carboxylic acids is 1. The lowest BCUT2D eigenvalue weighted by Gasteiger charge is -2.46. The summed E-state index contributed by atoms with van der Waals surface area (Å²) in [5.41, 5.74) is -1.24. The van der Waals surface area contributed by atoms with Crippen LogP contribution in [0.1, 0.15) is 18.1 Å². The van der Waals surface area contributed by atoms with Crippen molar-refractivity contribution in [1.29, 1.82) is 0 Å². The first kappa shape index (κ1) is 40.5. The lowest BCUT2D eigenvalue weighted by molar-refractivity contribution is -0.360. The first-order valence-corrected chi connectivity index (χ1v) is 16.6. The zero-order valence-electron chi connectivity index (χ0n) is 28.3. The predicted molar refractivity (Wildman–Crippen MR) is 174 cm³/mol. The van der Waals surface area contributed by atoms with Crippen LogP contribution in [0.25, 0.3) is 6.08 Å². The Morgan fingerprint density at radius 3 is 2.19 bits per heavy atom. The molecular weight excluding hydrogens is 712 g/mol. The maximum Gasteiger partial charge on any atom is 0.331 e. The zero-order chi connectivity index (χ0) is 38.6. The average molecular weight is 757 g/mol. The quantitative estimate of drug-likeness (QED) is 0.0569. The second-order valence-corrected chi connectivity index (χ2v) is 13.0. The number of carbonyl (C=O) groups is 1. The number of benzene rings is 2. The molecule has 0 bridgehead atoms. The van der Waals surface area contributed by atoms with Crippen LogP contribution >= 0.6 is 0 Å². The molecule has 3 fully saturated rings. The Morgan fingerprint density at radius 1 is 0.830 bits per heavy atom. The van der Waals surface area contributed by atoms with E-state index in [1.807, 2.05) is 0 Å². The lowest BCUT2D eigenvalue weighted by atomic mass is 9.96. The van der Waals surface area contributed by atoms with E-state index in [1.165, 1.54) is 49.4 Å². The Hall–Kier alpha value is -3.67. The van der Waals surface area contributed by atoms with E-state index in [9.17, 15) is 61.0 Å². The van der Waals surface area contributed by atoms with Gasteiger partial charge in [-0.3, -0.25) is 0 Å². The van der Waals surface area contributed by atoms with Crippen LogP contribution in [0.3, 0.4) is 0 Å². The summed E-state index contributed by atoms with van der Waals surface area (Å²) in [6.07, 6.45) is -17.0. The summed E-state index contributed by atoms with van der Waals surface area (Å²) >= 11 is 0. The third kappa shape index (κ3) is 9.35. The Labute approximate surface area is 302 Å². The Kier molecular flexibility index (Phi) is 13.2. The van der Waals surface area contributed by atoms with Crippen LogP contribution in [0, 0.1) is 0 Å². The van der Waals surface area contributed by atoms with Gasteiger partial charge in [-0.05, 0) is 54.8 Å². The van der Waals surface area contributed by atoms with Crippen molar-refractivity contribution in [2.24, 2.45) is 0 Å². The van der Waals surface area contributed by atoms with Gasteiger partial charge in [0.25, 0.3) is 0 Å². The van der Waals surface area contributed by atoms with Gasteiger partial charge < -0.3 is 89.3 Å². The monoisotopic (exact) mass is 756 g/mol. The topological polar surface area (TPSA) is 304 Å². The smallest absolute Gasteiger partial charge is 0.331 e. The third-order valence-corrected chi connectivity index (χ3v) is 9.09. The van der Waals surface area contributed by atoms with Crippen LogP contribution in [0.2, 0.25) is 0 Å². The van der Waals surface area contributed by atoms with E-state index < -0.39 is 117 Å². The van der Waals surface area contributed by atoms with Gasteiger partial charge in [-0.2, -0.15) is 0 Å². The van der Waals surface area contributed by atoms with Crippen molar-refractivity contribution in [3.8, 4) is 23.0 Å². The van der Waals surface area contributed by atoms with E-state index in [-0.39, 0.29) is 30.1 Å². The molecule has 0 amide bonds. The van der Waals surface area contributed by atoms with Crippen molar-refractivity contribution in [2.75, 3.05) is 26.4 Å². The summed E-state index contributed by atoms with van der Waals surface area (Å²) in [6, 6.07) is 7.83. The molecule has 3 aliphatic heterocycles. The maximum absolute atomic E-state index is 13.2. The van der Waals surface area contributed by atoms with Crippen LogP contribution in [-0.4, -0.2) is 168 Å². The number of hydrogen-bond acceptors (Lipinski definition) is 19. The van der Waals surface area contributed by atoms with Gasteiger partial charge in [-0.25, -0.2) is 4.79 Å². The molecule has 0 unspecified atom stereocenters. The Morgan fingerprint density at radius 2 is 1.53 bits per heavy atom. The lowest BCUT2D eigenvalue weighted by Crippen LogP contribution is -2.65. The fraction of sp³-hybridized carbons (Fsp3) is 0.559. The van der Waals surface area contributed by atoms with E-state index in [4.69, 9.17) is 33.2 Å². The molecule has 0 aliphatic carbocycles. The summed E-state index contributed by atoms with van der Waals surface area (Å²) in [7, 11) is 0. The number of phenols is 4. The molecule has 13 atom stereocenters. The van der Waals surface area contributed by atoms with Gasteiger partial charge in [-0.1, -0.05) is 12.1 Å². The molecule has 11 N–H and O–H groups in total. The van der Waals surface area contributed by atoms with Crippen LogP contribution in [0.4, 0.5) is 0 Å². The summed E-state index contributed by atoms with van der Waals surface area (Å²) in [4.78, 5) is 13.2. The fourth-order valence-electron chi connectivity index (χ4n) is 5.87. The zero-order valence-corrected chi connectivity index (χ0v) is 28.3. The SMILES string of the molecule is C[C@@H]1O[C@H](O[C@@H]2[C@@H](O)[C@H](OCCc3ccc(O)c(O)c3)O[C@H](CO[C@@H]3OC[C@](O)(CO)[C@H]3O)[C@H]2OC(=O)/C=C/c2ccc(O)c(O)c2)[C@H](O)[C@H](O)[C@H]1O. The van der Waals surface area contributed by atoms with Crippen molar-refractivity contribution in [2.45, 2.75) is 92.8 Å². The van der Waals surface area contributed by atoms with E-state index in [0.29, 0.717) is 5.56 Å². The van der Waals surface area contributed by atoms with Crippen LogP contribution in [-0.2, 0) is 44.4 Å². The van der Waals surface area contributed by atoms with Gasteiger partial charge in [0.05, 0.1) is 32.5 Å². The molecule has 0 saturated carbocycles. The van der Waals surface area contributed by atoms with E-state index in [1.54, 1.807) is 0 Å². The van der Waals surface area contributed by atoms with Gasteiger partial charge in [0.1, 0.15) is 48.3 Å². The number of aliphatic hydroxyl groups excluding tert-OH is 6. The highest BCUT2D eigenvalue weighted by Crippen LogP contribution is 2.34. The molecule has 19 heteroatoms. The minimum Gasteiger partial charge on any atom is -0.504 e. The number of aliphatic hydroxyl groups is 7. The summed E-state index contributed by atoms with van der Waals surface area (Å²) in [5, 5.41) is 112. The molecule has 53 heavy (non-hydrogen) atoms. The van der Waals surface area contributed by atoms with Crippen LogP contribution < -0.4 is 0 Å². The van der Waals surface area contributed by atoms with Gasteiger partial charge >= 0.3 is 5.97 Å². The van der Waals surface area contributed by atoms with Crippen LogP contribution in [0.5, 0.6) is 23.0 Å². The number of hydrogen-bond donors (Lipinski definition) is 11. The standard InChI is InChI=1S/C34H44O19/c1-15-24(41)25(42)26(43)32(50-15)53-29-27(44)31(47-9-8-17-3-6-19(37)21(39)11-17)51-22(12-48-33-30(45)34(46,13-35)14-49-33)28(29)52-23(40)7-4-16-2-5-18(36)20(38)10-16/h2-7,10-11,15,22,24-33,35-39,41-46H,8-9,12-14H2,1H3/b7-4+/t15-,22+,24-,25+,26+,27+,28+,29+,30-,31+,32+,33+,34+/m0/s1. The number of ether oxygens (including phenoxy) is 7. The van der Waals surface area contributed by atoms with Gasteiger partial charge in [-0.15, -0.1) is 0 Å². The van der Waals surface area contributed by atoms with Crippen molar-refractivity contribution in [3.05, 3.63) is 53.6 Å². The second-order valence-electron chi connectivity index (χ2n) is 13.0. The Balaban J connectivity index is 1.42. The number of rotatable bonds is 13. The van der Waals surface area contributed by atoms with Crippen molar-refractivity contribution in [3.63, 3.8) is 0 Å². The number of esters is 1. The Bertz CT molecular complexity index is 1570. The highest BCUT2D eigenvalue weighted by atomic mass is 16.8. The van der Waals surface area contributed by atoms with Gasteiger partial charge in [0.15, 0.2) is 48.0 Å². The third-order valence-electron chi connectivity index (χ3n) is 9.09. The largest absolute Gasteiger partial charge is 0.504 e. The molecule has 0 spiro atoms. The van der Waals surface area contributed by atoms with E-state index in [0.717, 1.165) is 6.08 Å². The minimum atomic E-state index is -2.05. The second kappa shape index (κ2) is 17.2. The molecular formula is C34H44O19. The van der Waals surface area contributed by atoms with Crippen molar-refractivity contribution in [1.82, 2.24) is 0 Å². The highest BCUT2D eigenvalue weighted by Gasteiger charge is 2.54. The molecule has 3 aliphatic rings. The molecule has 19 nitrogen and oxygen atoms in total. The molecule has 3 saturated heterocycles. The summed E-state index contributed by atoms with van der Waals surface area (Å²) < 4.78 is 40.0. The van der Waals surface area contributed by atoms with Crippen molar-refractivity contribution >= 4 is 12.0 Å². The first-order chi connectivity index (χ1) is 25.1. The molecule has 294 valence electrons.